The molecule has 1 aromatic carbocycles. The van der Waals surface area contributed by atoms with Crippen molar-refractivity contribution in [2.75, 3.05) is 6.54 Å². The van der Waals surface area contributed by atoms with E-state index in [1.165, 1.54) is 6.07 Å². The van der Waals surface area contributed by atoms with Crippen LogP contribution in [0.3, 0.4) is 0 Å². The van der Waals surface area contributed by atoms with Crippen LogP contribution in [-0.2, 0) is 12.7 Å². The molecule has 1 N–H and O–H groups in total. The van der Waals surface area contributed by atoms with Crippen LogP contribution in [0.2, 0.25) is 0 Å². The second kappa shape index (κ2) is 5.35. The molecule has 0 atom stereocenters. The molecule has 0 unspecified atom stereocenters. The van der Waals surface area contributed by atoms with Crippen molar-refractivity contribution in [3.8, 4) is 0 Å². The predicted octanol–water partition coefficient (Wildman–Crippen LogP) is 4.37. The summed E-state index contributed by atoms with van der Waals surface area (Å²) in [5, 5.41) is 3.19. The zero-order valence-electron chi connectivity index (χ0n) is 11.6. The molecule has 1 nitrogen and oxygen atoms in total. The SMILES string of the molecule is CC(C)C1(CNCc2ccc(F)c(C(F)(F)F)c2)CC1. The molecule has 20 heavy (non-hydrogen) atoms. The van der Waals surface area contributed by atoms with Crippen LogP contribution in [0.15, 0.2) is 18.2 Å². The van der Waals surface area contributed by atoms with Gasteiger partial charge in [-0.3, -0.25) is 0 Å². The fourth-order valence-corrected chi connectivity index (χ4v) is 2.47. The lowest BCUT2D eigenvalue weighted by Gasteiger charge is -2.20. The summed E-state index contributed by atoms with van der Waals surface area (Å²) in [6.07, 6.45) is -2.32. The number of alkyl halides is 3. The third kappa shape index (κ3) is 3.32. The van der Waals surface area contributed by atoms with Gasteiger partial charge in [0, 0.05) is 13.1 Å². The molecular formula is C15H19F4N. The minimum absolute atomic E-state index is 0.298. The average Bonchev–Trinajstić information content (AvgIpc) is 3.11. The summed E-state index contributed by atoms with van der Waals surface area (Å²) in [5.41, 5.74) is -0.438. The average molecular weight is 289 g/mol. The highest BCUT2D eigenvalue weighted by Gasteiger charge is 2.44. The van der Waals surface area contributed by atoms with Gasteiger partial charge < -0.3 is 5.32 Å². The van der Waals surface area contributed by atoms with Crippen molar-refractivity contribution in [3.05, 3.63) is 35.1 Å². The molecule has 0 spiro atoms. The highest BCUT2D eigenvalue weighted by molar-refractivity contribution is 5.27. The molecule has 112 valence electrons. The molecule has 0 bridgehead atoms. The number of benzene rings is 1. The molecule has 1 saturated carbocycles. The summed E-state index contributed by atoms with van der Waals surface area (Å²) in [7, 11) is 0. The molecule has 0 heterocycles. The van der Waals surface area contributed by atoms with Crippen LogP contribution >= 0.6 is 0 Å². The minimum Gasteiger partial charge on any atom is -0.312 e. The fraction of sp³-hybridized carbons (Fsp3) is 0.600. The van der Waals surface area contributed by atoms with Gasteiger partial charge in [0.2, 0.25) is 0 Å². The first kappa shape index (κ1) is 15.3. The van der Waals surface area contributed by atoms with Gasteiger partial charge in [-0.15, -0.1) is 0 Å². The normalized spacial score (nSPS) is 17.6. The van der Waals surface area contributed by atoms with Crippen molar-refractivity contribution in [2.24, 2.45) is 11.3 Å². The Hall–Kier alpha value is -1.10. The molecule has 5 heteroatoms. The maximum Gasteiger partial charge on any atom is 0.419 e. The maximum absolute atomic E-state index is 13.2. The Morgan fingerprint density at radius 2 is 1.90 bits per heavy atom. The van der Waals surface area contributed by atoms with E-state index in [2.05, 4.69) is 19.2 Å². The van der Waals surface area contributed by atoms with Crippen LogP contribution < -0.4 is 5.32 Å². The molecule has 0 amide bonds. The monoisotopic (exact) mass is 289 g/mol. The number of nitrogens with one attached hydrogen (secondary N) is 1. The Labute approximate surface area is 116 Å². The molecule has 1 aromatic rings. The van der Waals surface area contributed by atoms with Crippen molar-refractivity contribution in [1.29, 1.82) is 0 Å². The van der Waals surface area contributed by atoms with E-state index in [0.717, 1.165) is 31.5 Å². The molecular weight excluding hydrogens is 270 g/mol. The Morgan fingerprint density at radius 1 is 1.25 bits per heavy atom. The first-order chi connectivity index (χ1) is 9.24. The van der Waals surface area contributed by atoms with Gasteiger partial charge in [0.15, 0.2) is 0 Å². The van der Waals surface area contributed by atoms with Gasteiger partial charge in [0.1, 0.15) is 5.82 Å². The van der Waals surface area contributed by atoms with Gasteiger partial charge in [0.05, 0.1) is 5.56 Å². The third-order valence-electron chi connectivity index (χ3n) is 4.26. The van der Waals surface area contributed by atoms with Gasteiger partial charge in [-0.05, 0) is 41.9 Å². The van der Waals surface area contributed by atoms with E-state index in [1.54, 1.807) is 0 Å². The molecule has 1 fully saturated rings. The van der Waals surface area contributed by atoms with Crippen molar-refractivity contribution >= 4 is 0 Å². The van der Waals surface area contributed by atoms with E-state index in [1.807, 2.05) is 0 Å². The first-order valence-corrected chi connectivity index (χ1v) is 6.81. The van der Waals surface area contributed by atoms with Gasteiger partial charge in [-0.1, -0.05) is 19.9 Å². The topological polar surface area (TPSA) is 12.0 Å². The van der Waals surface area contributed by atoms with E-state index in [4.69, 9.17) is 0 Å². The zero-order valence-corrected chi connectivity index (χ0v) is 11.6. The second-order valence-electron chi connectivity index (χ2n) is 5.93. The Bertz CT molecular complexity index is 475. The highest BCUT2D eigenvalue weighted by Crippen LogP contribution is 2.51. The van der Waals surface area contributed by atoms with E-state index in [9.17, 15) is 17.6 Å². The molecule has 2 rings (SSSR count). The van der Waals surface area contributed by atoms with Crippen LogP contribution in [0.25, 0.3) is 0 Å². The van der Waals surface area contributed by atoms with Crippen molar-refractivity contribution in [1.82, 2.24) is 5.32 Å². The van der Waals surface area contributed by atoms with Gasteiger partial charge in [-0.25, -0.2) is 4.39 Å². The maximum atomic E-state index is 13.2. The summed E-state index contributed by atoms with van der Waals surface area (Å²) in [6, 6.07) is 3.17. The van der Waals surface area contributed by atoms with E-state index in [0.29, 0.717) is 23.4 Å². The van der Waals surface area contributed by atoms with Crippen molar-refractivity contribution in [3.63, 3.8) is 0 Å². The van der Waals surface area contributed by atoms with Crippen LogP contribution in [0.5, 0.6) is 0 Å². The quantitative estimate of drug-likeness (QED) is 0.794. The van der Waals surface area contributed by atoms with Gasteiger partial charge >= 0.3 is 6.18 Å². The summed E-state index contributed by atoms with van der Waals surface area (Å²) in [6.45, 7) is 5.45. The van der Waals surface area contributed by atoms with Crippen molar-refractivity contribution < 1.29 is 17.6 Å². The van der Waals surface area contributed by atoms with Crippen LogP contribution in [0, 0.1) is 17.2 Å². The standard InChI is InChI=1S/C15H19F4N/c1-10(2)14(5-6-14)9-20-8-11-3-4-13(16)12(7-11)15(17,18)19/h3-4,7,10,20H,5-6,8-9H2,1-2H3. The lowest BCUT2D eigenvalue weighted by atomic mass is 9.92. The Balaban J connectivity index is 1.97. The summed E-state index contributed by atoms with van der Waals surface area (Å²) >= 11 is 0. The summed E-state index contributed by atoms with van der Waals surface area (Å²) in [5.74, 6) is -0.656. The summed E-state index contributed by atoms with van der Waals surface area (Å²) < 4.78 is 50.9. The van der Waals surface area contributed by atoms with Crippen LogP contribution in [-0.4, -0.2) is 6.54 Å². The largest absolute Gasteiger partial charge is 0.419 e. The molecule has 0 saturated heterocycles. The van der Waals surface area contributed by atoms with E-state index < -0.39 is 17.6 Å². The lowest BCUT2D eigenvalue weighted by Crippen LogP contribution is -2.27. The zero-order chi connectivity index (χ0) is 15.0. The molecule has 1 aliphatic rings. The van der Waals surface area contributed by atoms with Gasteiger partial charge in [-0.2, -0.15) is 13.2 Å². The van der Waals surface area contributed by atoms with E-state index in [-0.39, 0.29) is 0 Å². The molecule has 1 aliphatic carbocycles. The fourth-order valence-electron chi connectivity index (χ4n) is 2.47. The second-order valence-corrected chi connectivity index (χ2v) is 5.93. The Kier molecular flexibility index (Phi) is 4.09. The van der Waals surface area contributed by atoms with Crippen LogP contribution in [0.4, 0.5) is 17.6 Å². The lowest BCUT2D eigenvalue weighted by molar-refractivity contribution is -0.140. The number of rotatable bonds is 5. The number of hydrogen-bond acceptors (Lipinski definition) is 1. The van der Waals surface area contributed by atoms with E-state index >= 15 is 0 Å². The number of hydrogen-bond donors (Lipinski definition) is 1. The third-order valence-corrected chi connectivity index (χ3v) is 4.26. The smallest absolute Gasteiger partial charge is 0.312 e. The first-order valence-electron chi connectivity index (χ1n) is 6.81. The predicted molar refractivity (Wildman–Crippen MR) is 69.6 cm³/mol. The molecule has 0 aromatic heterocycles. The molecule has 0 aliphatic heterocycles. The Morgan fingerprint density at radius 3 is 2.40 bits per heavy atom. The van der Waals surface area contributed by atoms with Gasteiger partial charge in [0.25, 0.3) is 0 Å². The van der Waals surface area contributed by atoms with Crippen molar-refractivity contribution in [2.45, 2.75) is 39.4 Å². The highest BCUT2D eigenvalue weighted by atomic mass is 19.4. The minimum atomic E-state index is -4.64. The molecule has 0 radical (unpaired) electrons. The number of halogens is 4. The van der Waals surface area contributed by atoms with Crippen LogP contribution in [0.1, 0.15) is 37.8 Å². The summed E-state index contributed by atoms with van der Waals surface area (Å²) in [4.78, 5) is 0.